The van der Waals surface area contributed by atoms with Crippen molar-refractivity contribution >= 4 is 11.3 Å². The third kappa shape index (κ3) is 3.27. The lowest BCUT2D eigenvalue weighted by molar-refractivity contribution is 0.300. The molecule has 2 aromatic heterocycles. The lowest BCUT2D eigenvalue weighted by Crippen LogP contribution is -2.00. The molecule has 0 atom stereocenters. The van der Waals surface area contributed by atoms with E-state index in [0.29, 0.717) is 19.1 Å². The van der Waals surface area contributed by atoms with Crippen LogP contribution in [0.1, 0.15) is 36.2 Å². The molecule has 2 rings (SSSR count). The van der Waals surface area contributed by atoms with Gasteiger partial charge in [-0.3, -0.25) is 4.98 Å². The summed E-state index contributed by atoms with van der Waals surface area (Å²) in [7, 11) is 0. The van der Waals surface area contributed by atoms with E-state index in [1.165, 1.54) is 0 Å². The molecule has 0 aliphatic heterocycles. The molecule has 0 amide bonds. The van der Waals surface area contributed by atoms with Gasteiger partial charge >= 0.3 is 0 Å². The van der Waals surface area contributed by atoms with E-state index >= 15 is 0 Å². The Kier molecular flexibility index (Phi) is 4.28. The van der Waals surface area contributed by atoms with Crippen LogP contribution in [0.4, 0.5) is 0 Å². The van der Waals surface area contributed by atoms with Crippen molar-refractivity contribution in [1.29, 1.82) is 0 Å². The van der Waals surface area contributed by atoms with Crippen molar-refractivity contribution in [3.8, 4) is 5.75 Å². The van der Waals surface area contributed by atoms with Crippen LogP contribution in [-0.4, -0.2) is 9.97 Å². The Balaban J connectivity index is 1.93. The second-order valence-electron chi connectivity index (χ2n) is 4.31. The number of hydrogen-bond donors (Lipinski definition) is 1. The van der Waals surface area contributed by atoms with Crippen LogP contribution in [0, 0.1) is 0 Å². The van der Waals surface area contributed by atoms with E-state index in [0.717, 1.165) is 22.1 Å². The highest BCUT2D eigenvalue weighted by molar-refractivity contribution is 7.09. The summed E-state index contributed by atoms with van der Waals surface area (Å²) >= 11 is 1.68. The molecule has 4 nitrogen and oxygen atoms in total. The molecule has 0 bridgehead atoms. The molecule has 5 heteroatoms. The summed E-state index contributed by atoms with van der Waals surface area (Å²) in [6.07, 6.45) is 1.69. The number of hydrogen-bond acceptors (Lipinski definition) is 5. The molecule has 0 aromatic carbocycles. The van der Waals surface area contributed by atoms with Crippen molar-refractivity contribution < 1.29 is 4.74 Å². The summed E-state index contributed by atoms with van der Waals surface area (Å²) in [5.41, 5.74) is 7.31. The van der Waals surface area contributed by atoms with Crippen LogP contribution in [0.25, 0.3) is 0 Å². The van der Waals surface area contributed by atoms with E-state index in [1.807, 2.05) is 17.5 Å². The van der Waals surface area contributed by atoms with Gasteiger partial charge in [0, 0.05) is 17.8 Å². The first-order valence-electron chi connectivity index (χ1n) is 5.91. The highest BCUT2D eigenvalue weighted by Gasteiger charge is 2.06. The van der Waals surface area contributed by atoms with E-state index in [1.54, 1.807) is 17.5 Å². The third-order valence-corrected chi connectivity index (χ3v) is 3.65. The fourth-order valence-corrected chi connectivity index (χ4v) is 2.25. The largest absolute Gasteiger partial charge is 0.486 e. The number of nitrogens with two attached hydrogens (primary N) is 1. The molecule has 0 unspecified atom stereocenters. The first kappa shape index (κ1) is 13.0. The first-order valence-corrected chi connectivity index (χ1v) is 6.79. The van der Waals surface area contributed by atoms with Gasteiger partial charge in [0.15, 0.2) is 0 Å². The topological polar surface area (TPSA) is 61.0 Å². The van der Waals surface area contributed by atoms with Gasteiger partial charge < -0.3 is 10.5 Å². The highest BCUT2D eigenvalue weighted by Crippen LogP contribution is 2.20. The van der Waals surface area contributed by atoms with Gasteiger partial charge in [0.25, 0.3) is 0 Å². The quantitative estimate of drug-likeness (QED) is 0.901. The van der Waals surface area contributed by atoms with Crippen LogP contribution < -0.4 is 10.5 Å². The lowest BCUT2D eigenvalue weighted by atomic mass is 10.2. The predicted octanol–water partition coefficient (Wildman–Crippen LogP) is 2.70. The molecule has 18 heavy (non-hydrogen) atoms. The van der Waals surface area contributed by atoms with E-state index in [9.17, 15) is 0 Å². The zero-order valence-electron chi connectivity index (χ0n) is 10.6. The molecule has 0 saturated heterocycles. The average molecular weight is 263 g/mol. The molecule has 0 aliphatic carbocycles. The van der Waals surface area contributed by atoms with Crippen molar-refractivity contribution in [2.24, 2.45) is 5.73 Å². The van der Waals surface area contributed by atoms with Crippen LogP contribution in [0.2, 0.25) is 0 Å². The molecule has 0 saturated carbocycles. The zero-order chi connectivity index (χ0) is 13.0. The average Bonchev–Trinajstić information content (AvgIpc) is 2.86. The summed E-state index contributed by atoms with van der Waals surface area (Å²) in [6, 6.07) is 3.75. The Labute approximate surface area is 111 Å². The summed E-state index contributed by atoms with van der Waals surface area (Å²) in [5, 5.41) is 3.18. The Morgan fingerprint density at radius 1 is 1.33 bits per heavy atom. The molecule has 0 fully saturated rings. The molecule has 96 valence electrons. The number of nitrogens with zero attached hydrogens (tertiary/aromatic N) is 2. The van der Waals surface area contributed by atoms with Gasteiger partial charge in [0.05, 0.1) is 22.6 Å². The molecular formula is C13H17N3OS. The monoisotopic (exact) mass is 263 g/mol. The number of pyridine rings is 1. The zero-order valence-corrected chi connectivity index (χ0v) is 11.4. The maximum Gasteiger partial charge on any atom is 0.138 e. The van der Waals surface area contributed by atoms with Gasteiger partial charge in [-0.25, -0.2) is 4.98 Å². The number of thiazole rings is 1. The SMILES string of the molecule is CC(C)c1nc(COc2ccc(CN)nc2)cs1. The van der Waals surface area contributed by atoms with Crippen LogP contribution in [0.5, 0.6) is 5.75 Å². The van der Waals surface area contributed by atoms with Crippen molar-refractivity contribution in [1.82, 2.24) is 9.97 Å². The third-order valence-electron chi connectivity index (χ3n) is 2.46. The van der Waals surface area contributed by atoms with Crippen LogP contribution in [-0.2, 0) is 13.2 Å². The second-order valence-corrected chi connectivity index (χ2v) is 5.20. The van der Waals surface area contributed by atoms with Gasteiger partial charge in [-0.1, -0.05) is 13.8 Å². The van der Waals surface area contributed by atoms with E-state index in [2.05, 4.69) is 23.8 Å². The van der Waals surface area contributed by atoms with Gasteiger partial charge in [-0.15, -0.1) is 11.3 Å². The van der Waals surface area contributed by atoms with Crippen LogP contribution >= 0.6 is 11.3 Å². The maximum absolute atomic E-state index is 5.63. The predicted molar refractivity (Wildman–Crippen MR) is 72.7 cm³/mol. The summed E-state index contributed by atoms with van der Waals surface area (Å²) in [4.78, 5) is 8.69. The number of ether oxygens (including phenoxy) is 1. The van der Waals surface area contributed by atoms with Gasteiger partial charge in [-0.2, -0.15) is 0 Å². The minimum atomic E-state index is 0.449. The number of aromatic nitrogens is 2. The smallest absolute Gasteiger partial charge is 0.138 e. The summed E-state index contributed by atoms with van der Waals surface area (Å²) in [5.74, 6) is 1.21. The molecular weight excluding hydrogens is 246 g/mol. The van der Waals surface area contributed by atoms with Gasteiger partial charge in [0.2, 0.25) is 0 Å². The minimum absolute atomic E-state index is 0.449. The summed E-state index contributed by atoms with van der Waals surface area (Å²) < 4.78 is 5.63. The fourth-order valence-electron chi connectivity index (χ4n) is 1.43. The van der Waals surface area contributed by atoms with Crippen LogP contribution in [0.3, 0.4) is 0 Å². The molecule has 2 aromatic rings. The van der Waals surface area contributed by atoms with Crippen molar-refractivity contribution in [3.05, 3.63) is 40.1 Å². The Bertz CT molecular complexity index is 493. The highest BCUT2D eigenvalue weighted by atomic mass is 32.1. The van der Waals surface area contributed by atoms with E-state index in [-0.39, 0.29) is 0 Å². The Morgan fingerprint density at radius 2 is 2.17 bits per heavy atom. The van der Waals surface area contributed by atoms with Crippen molar-refractivity contribution in [2.75, 3.05) is 0 Å². The first-order chi connectivity index (χ1) is 8.69. The molecule has 2 N–H and O–H groups in total. The fraction of sp³-hybridized carbons (Fsp3) is 0.385. The van der Waals surface area contributed by atoms with Gasteiger partial charge in [-0.05, 0) is 12.1 Å². The minimum Gasteiger partial charge on any atom is -0.486 e. The molecule has 0 radical (unpaired) electrons. The van der Waals surface area contributed by atoms with E-state index in [4.69, 9.17) is 10.5 Å². The Hall–Kier alpha value is -1.46. The summed E-state index contributed by atoms with van der Waals surface area (Å²) in [6.45, 7) is 5.20. The molecule has 2 heterocycles. The van der Waals surface area contributed by atoms with Crippen molar-refractivity contribution in [2.45, 2.75) is 32.9 Å². The Morgan fingerprint density at radius 3 is 2.72 bits per heavy atom. The van der Waals surface area contributed by atoms with Crippen molar-refractivity contribution in [3.63, 3.8) is 0 Å². The van der Waals surface area contributed by atoms with Gasteiger partial charge in [0.1, 0.15) is 12.4 Å². The number of rotatable bonds is 5. The normalized spacial score (nSPS) is 10.9. The standard InChI is InChI=1S/C13H17N3OS/c1-9(2)13-16-11(8-18-13)7-17-12-4-3-10(5-14)15-6-12/h3-4,6,8-9H,5,7,14H2,1-2H3. The molecule has 0 spiro atoms. The second kappa shape index (κ2) is 5.93. The van der Waals surface area contributed by atoms with E-state index < -0.39 is 0 Å². The molecule has 0 aliphatic rings. The maximum atomic E-state index is 5.63. The lowest BCUT2D eigenvalue weighted by Gasteiger charge is -2.04. The van der Waals surface area contributed by atoms with Crippen LogP contribution in [0.15, 0.2) is 23.7 Å².